The third-order valence-electron chi connectivity index (χ3n) is 2.73. The lowest BCUT2D eigenvalue weighted by atomic mass is 10.2. The zero-order valence-electron chi connectivity index (χ0n) is 10.4. The predicted molar refractivity (Wildman–Crippen MR) is 62.5 cm³/mol. The van der Waals surface area contributed by atoms with E-state index in [0.29, 0.717) is 11.5 Å². The fourth-order valence-electron chi connectivity index (χ4n) is 1.70. The molecular weight excluding hydrogens is 259 g/mol. The molecule has 0 spiro atoms. The summed E-state index contributed by atoms with van der Waals surface area (Å²) in [7, 11) is 0. The molecule has 0 aliphatic heterocycles. The standard InChI is InChI=1S/C12H12F3N3O/c1-7-9(8(2)19-18-7)6-17-11-10(12(13,14)15)4-3-5-16-11/h3-5H,6H2,1-2H3,(H,16,17). The molecule has 102 valence electrons. The lowest BCUT2D eigenvalue weighted by Gasteiger charge is -2.12. The number of pyridine rings is 1. The lowest BCUT2D eigenvalue weighted by Crippen LogP contribution is -2.12. The highest BCUT2D eigenvalue weighted by molar-refractivity contribution is 5.46. The number of nitrogens with one attached hydrogen (secondary N) is 1. The van der Waals surface area contributed by atoms with Crippen molar-refractivity contribution in [2.24, 2.45) is 0 Å². The van der Waals surface area contributed by atoms with E-state index in [1.807, 2.05) is 0 Å². The summed E-state index contributed by atoms with van der Waals surface area (Å²) in [4.78, 5) is 3.72. The lowest BCUT2D eigenvalue weighted by molar-refractivity contribution is -0.137. The minimum Gasteiger partial charge on any atom is -0.365 e. The van der Waals surface area contributed by atoms with Gasteiger partial charge in [0.2, 0.25) is 0 Å². The monoisotopic (exact) mass is 271 g/mol. The third kappa shape index (κ3) is 2.86. The van der Waals surface area contributed by atoms with Gasteiger partial charge in [-0.15, -0.1) is 0 Å². The van der Waals surface area contributed by atoms with Gasteiger partial charge in [-0.3, -0.25) is 0 Å². The van der Waals surface area contributed by atoms with E-state index in [1.165, 1.54) is 12.3 Å². The van der Waals surface area contributed by atoms with Crippen molar-refractivity contribution in [1.29, 1.82) is 0 Å². The maximum Gasteiger partial charge on any atom is 0.419 e. The van der Waals surface area contributed by atoms with Crippen molar-refractivity contribution in [3.63, 3.8) is 0 Å². The molecule has 0 saturated carbocycles. The van der Waals surface area contributed by atoms with E-state index in [9.17, 15) is 13.2 Å². The molecule has 0 atom stereocenters. The van der Waals surface area contributed by atoms with Gasteiger partial charge >= 0.3 is 6.18 Å². The van der Waals surface area contributed by atoms with Gasteiger partial charge in [-0.25, -0.2) is 4.98 Å². The Hall–Kier alpha value is -2.05. The number of rotatable bonds is 3. The summed E-state index contributed by atoms with van der Waals surface area (Å²) in [6.07, 6.45) is -3.12. The molecule has 0 aliphatic rings. The van der Waals surface area contributed by atoms with Crippen LogP contribution in [0.1, 0.15) is 22.6 Å². The summed E-state index contributed by atoms with van der Waals surface area (Å²) >= 11 is 0. The van der Waals surface area contributed by atoms with Crippen LogP contribution in [0.2, 0.25) is 0 Å². The summed E-state index contributed by atoms with van der Waals surface area (Å²) in [6, 6.07) is 2.24. The van der Waals surface area contributed by atoms with Gasteiger partial charge in [0.25, 0.3) is 0 Å². The van der Waals surface area contributed by atoms with E-state index < -0.39 is 11.7 Å². The molecular formula is C12H12F3N3O. The van der Waals surface area contributed by atoms with E-state index in [2.05, 4.69) is 15.5 Å². The Morgan fingerprint density at radius 2 is 2.05 bits per heavy atom. The summed E-state index contributed by atoms with van der Waals surface area (Å²) in [6.45, 7) is 3.62. The second-order valence-electron chi connectivity index (χ2n) is 4.05. The predicted octanol–water partition coefficient (Wildman–Crippen LogP) is 3.32. The Morgan fingerprint density at radius 1 is 1.32 bits per heavy atom. The molecule has 0 aliphatic carbocycles. The van der Waals surface area contributed by atoms with Crippen LogP contribution < -0.4 is 5.32 Å². The fraction of sp³-hybridized carbons (Fsp3) is 0.333. The van der Waals surface area contributed by atoms with Crippen molar-refractivity contribution in [3.8, 4) is 0 Å². The van der Waals surface area contributed by atoms with Gasteiger partial charge < -0.3 is 9.84 Å². The molecule has 0 saturated heterocycles. The maximum atomic E-state index is 12.8. The minimum atomic E-state index is -4.44. The van der Waals surface area contributed by atoms with Gasteiger partial charge in [-0.05, 0) is 26.0 Å². The molecule has 0 bridgehead atoms. The number of aromatic nitrogens is 2. The first-order valence-corrected chi connectivity index (χ1v) is 5.57. The van der Waals surface area contributed by atoms with Crippen molar-refractivity contribution in [2.45, 2.75) is 26.6 Å². The quantitative estimate of drug-likeness (QED) is 0.930. The van der Waals surface area contributed by atoms with Crippen molar-refractivity contribution in [1.82, 2.24) is 10.1 Å². The minimum absolute atomic E-state index is 0.182. The number of alkyl halides is 3. The topological polar surface area (TPSA) is 51.0 Å². The molecule has 2 aromatic heterocycles. The highest BCUT2D eigenvalue weighted by atomic mass is 19.4. The first kappa shape index (κ1) is 13.4. The second-order valence-corrected chi connectivity index (χ2v) is 4.05. The molecule has 7 heteroatoms. The van der Waals surface area contributed by atoms with E-state index in [0.717, 1.165) is 11.6 Å². The SMILES string of the molecule is Cc1noc(C)c1CNc1ncccc1C(F)(F)F. The van der Waals surface area contributed by atoms with Crippen LogP contribution in [0.25, 0.3) is 0 Å². The molecule has 19 heavy (non-hydrogen) atoms. The Balaban J connectivity index is 2.21. The summed E-state index contributed by atoms with van der Waals surface area (Å²) in [5.74, 6) is 0.379. The number of anilines is 1. The van der Waals surface area contributed by atoms with Gasteiger partial charge in [0.15, 0.2) is 0 Å². The van der Waals surface area contributed by atoms with Gasteiger partial charge in [0, 0.05) is 18.3 Å². The van der Waals surface area contributed by atoms with Crippen LogP contribution in [0, 0.1) is 13.8 Å². The van der Waals surface area contributed by atoms with E-state index in [-0.39, 0.29) is 12.4 Å². The average Bonchev–Trinajstić information content (AvgIpc) is 2.66. The van der Waals surface area contributed by atoms with Crippen molar-refractivity contribution in [2.75, 3.05) is 5.32 Å². The summed E-state index contributed by atoms with van der Waals surface area (Å²) < 4.78 is 43.2. The van der Waals surface area contributed by atoms with Gasteiger partial charge in [-0.2, -0.15) is 13.2 Å². The Kier molecular flexibility index (Phi) is 3.46. The van der Waals surface area contributed by atoms with Crippen molar-refractivity contribution < 1.29 is 17.7 Å². The number of hydrogen-bond donors (Lipinski definition) is 1. The molecule has 2 rings (SSSR count). The highest BCUT2D eigenvalue weighted by Crippen LogP contribution is 2.33. The summed E-state index contributed by atoms with van der Waals surface area (Å²) in [5, 5.41) is 6.41. The molecule has 0 fully saturated rings. The Morgan fingerprint density at radius 3 is 2.63 bits per heavy atom. The van der Waals surface area contributed by atoms with E-state index in [4.69, 9.17) is 4.52 Å². The first-order valence-electron chi connectivity index (χ1n) is 5.57. The van der Waals surface area contributed by atoms with Crippen LogP contribution in [0.5, 0.6) is 0 Å². The zero-order valence-corrected chi connectivity index (χ0v) is 10.4. The van der Waals surface area contributed by atoms with Crippen LogP contribution in [0.4, 0.5) is 19.0 Å². The average molecular weight is 271 g/mol. The molecule has 2 aromatic rings. The maximum absolute atomic E-state index is 12.8. The van der Waals surface area contributed by atoms with E-state index >= 15 is 0 Å². The van der Waals surface area contributed by atoms with E-state index in [1.54, 1.807) is 13.8 Å². The normalized spacial score (nSPS) is 11.6. The molecule has 0 radical (unpaired) electrons. The molecule has 2 heterocycles. The number of halogens is 3. The van der Waals surface area contributed by atoms with Crippen LogP contribution in [-0.4, -0.2) is 10.1 Å². The molecule has 0 amide bonds. The van der Waals surface area contributed by atoms with Crippen molar-refractivity contribution in [3.05, 3.63) is 40.9 Å². The Labute approximate surface area is 107 Å². The smallest absolute Gasteiger partial charge is 0.365 e. The largest absolute Gasteiger partial charge is 0.419 e. The van der Waals surface area contributed by atoms with Crippen molar-refractivity contribution >= 4 is 5.82 Å². The van der Waals surface area contributed by atoms with Crippen LogP contribution in [-0.2, 0) is 12.7 Å². The number of hydrogen-bond acceptors (Lipinski definition) is 4. The van der Waals surface area contributed by atoms with Crippen LogP contribution in [0.15, 0.2) is 22.9 Å². The second kappa shape index (κ2) is 4.91. The first-order chi connectivity index (χ1) is 8.89. The third-order valence-corrected chi connectivity index (χ3v) is 2.73. The van der Waals surface area contributed by atoms with Crippen LogP contribution in [0.3, 0.4) is 0 Å². The Bertz CT molecular complexity index is 558. The summed E-state index contributed by atoms with van der Waals surface area (Å²) in [5.41, 5.74) is 0.593. The zero-order chi connectivity index (χ0) is 14.0. The van der Waals surface area contributed by atoms with Gasteiger partial charge in [0.05, 0.1) is 11.3 Å². The van der Waals surface area contributed by atoms with Crippen LogP contribution >= 0.6 is 0 Å². The molecule has 4 nitrogen and oxygen atoms in total. The molecule has 1 N–H and O–H groups in total. The molecule has 0 unspecified atom stereocenters. The number of aryl methyl sites for hydroxylation is 2. The molecule has 0 aromatic carbocycles. The highest BCUT2D eigenvalue weighted by Gasteiger charge is 2.34. The van der Waals surface area contributed by atoms with Gasteiger partial charge in [0.1, 0.15) is 11.6 Å². The number of nitrogens with zero attached hydrogens (tertiary/aromatic N) is 2. The fourth-order valence-corrected chi connectivity index (χ4v) is 1.70. The van der Waals surface area contributed by atoms with Gasteiger partial charge in [-0.1, -0.05) is 5.16 Å².